The zero-order valence-corrected chi connectivity index (χ0v) is 16.0. The predicted octanol–water partition coefficient (Wildman–Crippen LogP) is 4.76. The normalized spacial score (nSPS) is 16.6. The molecule has 1 N–H and O–H groups in total. The van der Waals surface area contributed by atoms with Crippen molar-refractivity contribution in [3.8, 4) is 0 Å². The number of hydrogen-bond donors (Lipinski definition) is 1. The van der Waals surface area contributed by atoms with Gasteiger partial charge in [0.1, 0.15) is 5.00 Å². The lowest BCUT2D eigenvalue weighted by atomic mass is 9.88. The molecule has 132 valence electrons. The number of thiophene rings is 2. The van der Waals surface area contributed by atoms with Gasteiger partial charge in [0, 0.05) is 15.8 Å². The molecule has 0 unspecified atom stereocenters. The van der Waals surface area contributed by atoms with E-state index in [0.29, 0.717) is 23.1 Å². The number of carbonyl (C=O) groups excluding carboxylic acids is 2. The summed E-state index contributed by atoms with van der Waals surface area (Å²) in [6, 6.07) is 3.89. The van der Waals surface area contributed by atoms with Crippen LogP contribution in [0, 0.1) is 5.92 Å². The molecule has 6 heteroatoms. The molecule has 4 nitrogen and oxygen atoms in total. The lowest BCUT2D eigenvalue weighted by Crippen LogP contribution is -2.15. The second-order valence-corrected chi connectivity index (χ2v) is 8.20. The third-order valence-corrected chi connectivity index (χ3v) is 6.18. The van der Waals surface area contributed by atoms with Crippen LogP contribution in [-0.4, -0.2) is 18.5 Å². The second kappa shape index (κ2) is 7.97. The Kier molecular flexibility index (Phi) is 5.71. The van der Waals surface area contributed by atoms with Crippen molar-refractivity contribution in [3.05, 3.63) is 44.5 Å². The van der Waals surface area contributed by atoms with Gasteiger partial charge in [0.05, 0.1) is 12.2 Å². The van der Waals surface area contributed by atoms with Gasteiger partial charge in [-0.2, -0.15) is 0 Å². The first-order valence-electron chi connectivity index (χ1n) is 8.42. The summed E-state index contributed by atoms with van der Waals surface area (Å²) in [5, 5.41) is 5.45. The van der Waals surface area contributed by atoms with Crippen LogP contribution in [0.2, 0.25) is 0 Å². The van der Waals surface area contributed by atoms with Gasteiger partial charge in [-0.25, -0.2) is 4.79 Å². The van der Waals surface area contributed by atoms with Crippen molar-refractivity contribution in [2.24, 2.45) is 5.92 Å². The maximum Gasteiger partial charge on any atom is 0.341 e. The van der Waals surface area contributed by atoms with E-state index >= 15 is 0 Å². The first-order chi connectivity index (χ1) is 12.1. The lowest BCUT2D eigenvalue weighted by Gasteiger charge is -2.18. The average Bonchev–Trinajstić information content (AvgIpc) is 3.19. The molecule has 0 aliphatic heterocycles. The number of anilines is 1. The van der Waals surface area contributed by atoms with Crippen LogP contribution < -0.4 is 5.32 Å². The maximum absolute atomic E-state index is 12.4. The van der Waals surface area contributed by atoms with Crippen LogP contribution in [-0.2, 0) is 22.4 Å². The summed E-state index contributed by atoms with van der Waals surface area (Å²) in [7, 11) is 0. The Bertz CT molecular complexity index is 790. The van der Waals surface area contributed by atoms with E-state index in [1.165, 1.54) is 22.3 Å². The number of amides is 1. The zero-order chi connectivity index (χ0) is 17.8. The van der Waals surface area contributed by atoms with Gasteiger partial charge in [-0.1, -0.05) is 13.0 Å². The van der Waals surface area contributed by atoms with Crippen LogP contribution in [0.4, 0.5) is 5.00 Å². The summed E-state index contributed by atoms with van der Waals surface area (Å²) >= 11 is 3.08. The molecule has 0 aromatic carbocycles. The van der Waals surface area contributed by atoms with Crippen LogP contribution in [0.25, 0.3) is 6.08 Å². The molecule has 0 radical (unpaired) electrons. The average molecular weight is 376 g/mol. The number of nitrogens with one attached hydrogen (secondary N) is 1. The topological polar surface area (TPSA) is 55.4 Å². The fourth-order valence-electron chi connectivity index (χ4n) is 2.96. The van der Waals surface area contributed by atoms with Crippen LogP contribution >= 0.6 is 22.7 Å². The molecule has 1 atom stereocenters. The van der Waals surface area contributed by atoms with Gasteiger partial charge in [0.25, 0.3) is 0 Å². The van der Waals surface area contributed by atoms with E-state index in [2.05, 4.69) is 12.2 Å². The van der Waals surface area contributed by atoms with E-state index in [1.807, 2.05) is 17.5 Å². The number of ether oxygens (including phenoxy) is 1. The Labute approximate surface area is 155 Å². The minimum Gasteiger partial charge on any atom is -0.462 e. The van der Waals surface area contributed by atoms with E-state index in [1.54, 1.807) is 24.3 Å². The first-order valence-corrected chi connectivity index (χ1v) is 10.1. The zero-order valence-electron chi connectivity index (χ0n) is 14.3. The van der Waals surface area contributed by atoms with Gasteiger partial charge in [0.2, 0.25) is 5.91 Å². The van der Waals surface area contributed by atoms with Crippen molar-refractivity contribution >= 4 is 45.6 Å². The van der Waals surface area contributed by atoms with E-state index in [9.17, 15) is 9.59 Å². The largest absolute Gasteiger partial charge is 0.462 e. The standard InChI is InChI=1S/C19H21NO3S2/c1-3-23-19(22)17-14-8-6-12(2)11-15(14)25-18(17)20-16(21)9-7-13-5-4-10-24-13/h4-5,7,9-10,12H,3,6,8,11H2,1-2H3,(H,20,21)/b9-7+/t12-/m1/s1. The molecular weight excluding hydrogens is 354 g/mol. The molecule has 0 spiro atoms. The number of carbonyl (C=O) groups is 2. The number of fused-ring (bicyclic) bond motifs is 1. The summed E-state index contributed by atoms with van der Waals surface area (Å²) in [5.41, 5.74) is 1.60. The van der Waals surface area contributed by atoms with Crippen LogP contribution in [0.15, 0.2) is 23.6 Å². The minimum absolute atomic E-state index is 0.231. The highest BCUT2D eigenvalue weighted by molar-refractivity contribution is 7.17. The SMILES string of the molecule is CCOC(=O)c1c(NC(=O)/C=C/c2cccs2)sc2c1CC[C@@H](C)C2. The highest BCUT2D eigenvalue weighted by atomic mass is 32.1. The quantitative estimate of drug-likeness (QED) is 0.605. The molecule has 25 heavy (non-hydrogen) atoms. The highest BCUT2D eigenvalue weighted by Gasteiger charge is 2.28. The molecule has 3 rings (SSSR count). The van der Waals surface area contributed by atoms with Crippen molar-refractivity contribution in [2.75, 3.05) is 11.9 Å². The third-order valence-electron chi connectivity index (χ3n) is 4.17. The van der Waals surface area contributed by atoms with Gasteiger partial charge < -0.3 is 10.1 Å². The fourth-order valence-corrected chi connectivity index (χ4v) is 4.98. The molecule has 2 aromatic heterocycles. The van der Waals surface area contributed by atoms with Crippen molar-refractivity contribution < 1.29 is 14.3 Å². The number of esters is 1. The molecule has 1 amide bonds. The number of rotatable bonds is 5. The highest BCUT2D eigenvalue weighted by Crippen LogP contribution is 2.40. The second-order valence-electron chi connectivity index (χ2n) is 6.11. The Balaban J connectivity index is 1.84. The van der Waals surface area contributed by atoms with Crippen molar-refractivity contribution in [3.63, 3.8) is 0 Å². The van der Waals surface area contributed by atoms with Crippen LogP contribution in [0.3, 0.4) is 0 Å². The maximum atomic E-state index is 12.4. The van der Waals surface area contributed by atoms with Crippen LogP contribution in [0.1, 0.15) is 45.9 Å². The van der Waals surface area contributed by atoms with Crippen LogP contribution in [0.5, 0.6) is 0 Å². The molecule has 1 aliphatic rings. The first kappa shape index (κ1) is 17.9. The summed E-state index contributed by atoms with van der Waals surface area (Å²) in [4.78, 5) is 26.9. The van der Waals surface area contributed by atoms with E-state index < -0.39 is 0 Å². The molecular formula is C19H21NO3S2. The van der Waals surface area contributed by atoms with E-state index in [0.717, 1.165) is 29.7 Å². The Morgan fingerprint density at radius 1 is 1.44 bits per heavy atom. The third kappa shape index (κ3) is 4.19. The summed E-state index contributed by atoms with van der Waals surface area (Å²) in [6.45, 7) is 4.33. The summed E-state index contributed by atoms with van der Waals surface area (Å²) in [5.74, 6) is 0.0288. The van der Waals surface area contributed by atoms with Gasteiger partial charge in [-0.05, 0) is 55.2 Å². The van der Waals surface area contributed by atoms with Crippen molar-refractivity contribution in [2.45, 2.75) is 33.1 Å². The molecule has 0 saturated heterocycles. The summed E-state index contributed by atoms with van der Waals surface area (Å²) < 4.78 is 5.22. The number of hydrogen-bond acceptors (Lipinski definition) is 5. The Morgan fingerprint density at radius 3 is 3.00 bits per heavy atom. The monoisotopic (exact) mass is 375 g/mol. The van der Waals surface area contributed by atoms with Gasteiger partial charge in [-0.3, -0.25) is 4.79 Å². The van der Waals surface area contributed by atoms with Gasteiger partial charge in [0.15, 0.2) is 0 Å². The molecule has 1 aliphatic carbocycles. The molecule has 0 fully saturated rings. The summed E-state index contributed by atoms with van der Waals surface area (Å²) in [6.07, 6.45) is 6.15. The molecule has 2 heterocycles. The van der Waals surface area contributed by atoms with Gasteiger partial charge in [-0.15, -0.1) is 22.7 Å². The van der Waals surface area contributed by atoms with Crippen molar-refractivity contribution in [1.82, 2.24) is 0 Å². The van der Waals surface area contributed by atoms with Crippen molar-refractivity contribution in [1.29, 1.82) is 0 Å². The Morgan fingerprint density at radius 2 is 2.28 bits per heavy atom. The minimum atomic E-state index is -0.341. The lowest BCUT2D eigenvalue weighted by molar-refractivity contribution is -0.111. The molecule has 0 saturated carbocycles. The smallest absolute Gasteiger partial charge is 0.341 e. The molecule has 0 bridgehead atoms. The molecule has 2 aromatic rings. The van der Waals surface area contributed by atoms with E-state index in [-0.39, 0.29) is 11.9 Å². The fraction of sp³-hybridized carbons (Fsp3) is 0.368. The predicted molar refractivity (Wildman–Crippen MR) is 103 cm³/mol. The van der Waals surface area contributed by atoms with E-state index in [4.69, 9.17) is 4.74 Å². The van der Waals surface area contributed by atoms with Gasteiger partial charge >= 0.3 is 5.97 Å². The Hall–Kier alpha value is -1.92.